The van der Waals surface area contributed by atoms with Gasteiger partial charge in [0.1, 0.15) is 0 Å². The van der Waals surface area contributed by atoms with Crippen molar-refractivity contribution in [3.8, 4) is 0 Å². The Labute approximate surface area is 123 Å². The Bertz CT molecular complexity index is 437. The van der Waals surface area contributed by atoms with Crippen molar-refractivity contribution in [3.63, 3.8) is 0 Å². The molecule has 0 bridgehead atoms. The summed E-state index contributed by atoms with van der Waals surface area (Å²) in [6, 6.07) is 0. The number of hydrogen-bond acceptors (Lipinski definition) is 2. The molecule has 0 heterocycles. The highest BCUT2D eigenvalue weighted by atomic mass is 19.4. The first-order chi connectivity index (χ1) is 9.81. The van der Waals surface area contributed by atoms with Gasteiger partial charge in [0.15, 0.2) is 0 Å². The van der Waals surface area contributed by atoms with Gasteiger partial charge in [-0.25, -0.2) is 0 Å². The minimum absolute atomic E-state index is 0.711. The van der Waals surface area contributed by atoms with Crippen LogP contribution in [0.4, 0.5) is 43.9 Å². The Kier molecular flexibility index (Phi) is 5.68. The third kappa shape index (κ3) is 3.82. The van der Waals surface area contributed by atoms with Crippen LogP contribution < -0.4 is 0 Å². The molecule has 1 unspecified atom stereocenters. The van der Waals surface area contributed by atoms with E-state index in [-0.39, 0.29) is 0 Å². The molecule has 12 heteroatoms. The van der Waals surface area contributed by atoms with Crippen molar-refractivity contribution in [2.24, 2.45) is 5.92 Å². The molecule has 0 N–H and O–H groups in total. The Hall–Kier alpha value is -1.23. The van der Waals surface area contributed by atoms with Crippen molar-refractivity contribution < 1.29 is 53.4 Å². The molecule has 0 aliphatic heterocycles. The molecule has 2 nitrogen and oxygen atoms in total. The van der Waals surface area contributed by atoms with E-state index in [1.165, 1.54) is 13.8 Å². The van der Waals surface area contributed by atoms with Crippen LogP contribution in [0.1, 0.15) is 27.2 Å². The van der Waals surface area contributed by atoms with E-state index in [9.17, 15) is 48.7 Å². The number of hydrogen-bond donors (Lipinski definition) is 0. The van der Waals surface area contributed by atoms with E-state index in [4.69, 9.17) is 0 Å². The molecular formula is C11H12F10O2. The summed E-state index contributed by atoms with van der Waals surface area (Å²) in [4.78, 5) is 11.2. The van der Waals surface area contributed by atoms with E-state index < -0.39 is 55.0 Å². The first-order valence-electron chi connectivity index (χ1n) is 5.92. The van der Waals surface area contributed by atoms with Crippen LogP contribution in [0.2, 0.25) is 0 Å². The number of carbonyl (C=O) groups is 1. The number of halogens is 10. The van der Waals surface area contributed by atoms with E-state index in [1.807, 2.05) is 0 Å². The van der Waals surface area contributed by atoms with Crippen molar-refractivity contribution in [2.75, 3.05) is 0 Å². The Morgan fingerprint density at radius 1 is 0.826 bits per heavy atom. The molecule has 138 valence electrons. The maximum Gasteiger partial charge on any atom is 0.460 e. The molecule has 0 rings (SSSR count). The van der Waals surface area contributed by atoms with Crippen LogP contribution in [0.3, 0.4) is 0 Å². The first-order valence-corrected chi connectivity index (χ1v) is 5.92. The molecule has 1 atom stereocenters. The molecule has 0 saturated heterocycles. The lowest BCUT2D eigenvalue weighted by Crippen LogP contribution is -2.69. The van der Waals surface area contributed by atoms with Crippen molar-refractivity contribution in [1.82, 2.24) is 0 Å². The highest BCUT2D eigenvalue weighted by Gasteiger charge is 2.85. The van der Waals surface area contributed by atoms with Gasteiger partial charge in [0.2, 0.25) is 0 Å². The van der Waals surface area contributed by atoms with Crippen LogP contribution in [-0.4, -0.2) is 35.8 Å². The predicted octanol–water partition coefficient (Wildman–Crippen LogP) is 4.73. The lowest BCUT2D eigenvalue weighted by molar-refractivity contribution is -0.421. The molecule has 0 aromatic carbocycles. The maximum absolute atomic E-state index is 13.5. The van der Waals surface area contributed by atoms with Crippen molar-refractivity contribution in [2.45, 2.75) is 57.0 Å². The van der Waals surface area contributed by atoms with Gasteiger partial charge in [-0.05, 0) is 12.8 Å². The molecule has 0 amide bonds. The van der Waals surface area contributed by atoms with Gasteiger partial charge >= 0.3 is 30.2 Å². The van der Waals surface area contributed by atoms with Crippen LogP contribution in [0, 0.1) is 5.92 Å². The van der Waals surface area contributed by atoms with Crippen LogP contribution in [0.15, 0.2) is 0 Å². The van der Waals surface area contributed by atoms with Gasteiger partial charge in [-0.15, -0.1) is 0 Å². The highest BCUT2D eigenvalue weighted by molar-refractivity contribution is 5.70. The second-order valence-electron chi connectivity index (χ2n) is 5.25. The van der Waals surface area contributed by atoms with Crippen LogP contribution in [0.25, 0.3) is 0 Å². The fraction of sp³-hybridized carbons (Fsp3) is 0.909. The van der Waals surface area contributed by atoms with E-state index in [2.05, 4.69) is 4.74 Å². The Morgan fingerprint density at radius 3 is 1.48 bits per heavy atom. The normalized spacial score (nSPS) is 17.1. The number of alkyl halides is 10. The summed E-state index contributed by atoms with van der Waals surface area (Å²) in [7, 11) is 0. The van der Waals surface area contributed by atoms with Gasteiger partial charge in [-0.2, -0.15) is 43.9 Å². The predicted molar refractivity (Wildman–Crippen MR) is 56.0 cm³/mol. The zero-order valence-electron chi connectivity index (χ0n) is 11.9. The Morgan fingerprint density at radius 2 is 1.22 bits per heavy atom. The van der Waals surface area contributed by atoms with Crippen LogP contribution in [-0.2, 0) is 9.53 Å². The monoisotopic (exact) mass is 366 g/mol. The van der Waals surface area contributed by atoms with Gasteiger partial charge < -0.3 is 4.74 Å². The van der Waals surface area contributed by atoms with Crippen LogP contribution in [0.5, 0.6) is 0 Å². The molecule has 0 radical (unpaired) electrons. The summed E-state index contributed by atoms with van der Waals surface area (Å²) in [5, 5.41) is 0. The summed E-state index contributed by atoms with van der Waals surface area (Å²) in [6.07, 6.45) is -14.3. The molecule has 0 fully saturated rings. The van der Waals surface area contributed by atoms with E-state index >= 15 is 0 Å². The van der Waals surface area contributed by atoms with Gasteiger partial charge in [0.05, 0.1) is 0 Å². The highest BCUT2D eigenvalue weighted by Crippen LogP contribution is 2.56. The summed E-state index contributed by atoms with van der Waals surface area (Å²) in [5.74, 6) is -16.6. The third-order valence-corrected chi connectivity index (χ3v) is 2.78. The summed E-state index contributed by atoms with van der Waals surface area (Å²) in [6.45, 7) is 1.79. The molecule has 0 saturated carbocycles. The zero-order chi connectivity index (χ0) is 19.1. The molecule has 23 heavy (non-hydrogen) atoms. The van der Waals surface area contributed by atoms with Crippen molar-refractivity contribution >= 4 is 5.97 Å². The minimum Gasteiger partial charge on any atom is -0.443 e. The van der Waals surface area contributed by atoms with Gasteiger partial charge in [-0.3, -0.25) is 4.79 Å². The molecule has 0 aliphatic carbocycles. The molecule has 0 aromatic heterocycles. The summed E-state index contributed by atoms with van der Waals surface area (Å²) < 4.78 is 131. The zero-order valence-corrected chi connectivity index (χ0v) is 11.9. The third-order valence-electron chi connectivity index (χ3n) is 2.78. The topological polar surface area (TPSA) is 26.3 Å². The fourth-order valence-electron chi connectivity index (χ4n) is 1.38. The standard InChI is InChI=1S/C11H12F10O2/c1-5(2)4-6(22)23-7(3,10(16,17)18)8(12,13)9(14,15)11(19,20)21/h5H,4H2,1-3H3. The largest absolute Gasteiger partial charge is 0.460 e. The van der Waals surface area contributed by atoms with E-state index in [0.29, 0.717) is 0 Å². The number of carbonyl (C=O) groups excluding carboxylic acids is 1. The molecule has 0 spiro atoms. The average Bonchev–Trinajstić information content (AvgIpc) is 2.23. The number of esters is 1. The van der Waals surface area contributed by atoms with Gasteiger partial charge in [0.25, 0.3) is 5.60 Å². The summed E-state index contributed by atoms with van der Waals surface area (Å²) in [5.41, 5.74) is -5.37. The minimum atomic E-state index is -7.08. The lowest BCUT2D eigenvalue weighted by Gasteiger charge is -2.41. The van der Waals surface area contributed by atoms with Gasteiger partial charge in [-0.1, -0.05) is 13.8 Å². The smallest absolute Gasteiger partial charge is 0.443 e. The second-order valence-corrected chi connectivity index (χ2v) is 5.25. The average molecular weight is 366 g/mol. The van der Waals surface area contributed by atoms with Gasteiger partial charge in [0, 0.05) is 6.42 Å². The first kappa shape index (κ1) is 21.8. The number of rotatable bonds is 5. The van der Waals surface area contributed by atoms with Crippen molar-refractivity contribution in [1.29, 1.82) is 0 Å². The number of ether oxygens (including phenoxy) is 1. The summed E-state index contributed by atoms with van der Waals surface area (Å²) >= 11 is 0. The molecule has 0 aliphatic rings. The van der Waals surface area contributed by atoms with Crippen LogP contribution >= 0.6 is 0 Å². The molecular weight excluding hydrogens is 354 g/mol. The van der Waals surface area contributed by atoms with E-state index in [1.54, 1.807) is 0 Å². The SMILES string of the molecule is CC(C)CC(=O)OC(C)(C(F)(F)F)C(F)(F)C(F)(F)C(F)(F)F. The maximum atomic E-state index is 13.5. The Balaban J connectivity index is 6.05. The van der Waals surface area contributed by atoms with Crippen molar-refractivity contribution in [3.05, 3.63) is 0 Å². The fourth-order valence-corrected chi connectivity index (χ4v) is 1.38. The quantitative estimate of drug-likeness (QED) is 0.520. The van der Waals surface area contributed by atoms with E-state index in [0.717, 1.165) is 0 Å². The lowest BCUT2D eigenvalue weighted by atomic mass is 9.90. The molecule has 0 aromatic rings. The second kappa shape index (κ2) is 6.00.